The largest absolute Gasteiger partial charge is 0.464 e. The summed E-state index contributed by atoms with van der Waals surface area (Å²) < 4.78 is 5.07. The van der Waals surface area contributed by atoms with Crippen molar-refractivity contribution in [1.29, 1.82) is 0 Å². The molecular weight excluding hydrogens is 270 g/mol. The molecule has 21 heavy (non-hydrogen) atoms. The Balaban J connectivity index is 2.23. The number of nitrogens with zero attached hydrogens (tertiary/aromatic N) is 1. The number of benzene rings is 1. The highest BCUT2D eigenvalue weighted by Crippen LogP contribution is 2.34. The molecule has 0 fully saturated rings. The highest BCUT2D eigenvalue weighted by molar-refractivity contribution is 6.53. The van der Waals surface area contributed by atoms with Crippen LogP contribution in [0.25, 0.3) is 0 Å². The van der Waals surface area contributed by atoms with Crippen LogP contribution >= 0.6 is 0 Å². The zero-order chi connectivity index (χ0) is 15.6. The number of ether oxygens (including phenoxy) is 1. The highest BCUT2D eigenvalue weighted by atomic mass is 16.5. The van der Waals surface area contributed by atoms with E-state index in [9.17, 15) is 14.4 Å². The molecule has 0 saturated carbocycles. The number of fused-ring (bicyclic) bond motifs is 1. The number of esters is 1. The van der Waals surface area contributed by atoms with Crippen molar-refractivity contribution in [1.82, 2.24) is 0 Å². The Labute approximate surface area is 123 Å². The quantitative estimate of drug-likeness (QED) is 0.473. The van der Waals surface area contributed by atoms with Crippen LogP contribution in [-0.2, 0) is 14.3 Å². The topological polar surface area (TPSA) is 63.7 Å². The number of amides is 1. The Kier molecular flexibility index (Phi) is 4.40. The maximum Gasteiger partial charge on any atom is 0.326 e. The predicted octanol–water partition coefficient (Wildman–Crippen LogP) is 2.18. The number of ketones is 1. The summed E-state index contributed by atoms with van der Waals surface area (Å²) in [6, 6.07) is 3.65. The zero-order valence-electron chi connectivity index (χ0n) is 12.6. The fraction of sp³-hybridized carbons (Fsp3) is 0.438. The van der Waals surface area contributed by atoms with Crippen molar-refractivity contribution < 1.29 is 19.1 Å². The summed E-state index contributed by atoms with van der Waals surface area (Å²) in [7, 11) is 0. The molecule has 0 spiro atoms. The maximum atomic E-state index is 12.1. The number of unbranched alkanes of at least 4 members (excludes halogenated alkanes) is 1. The molecule has 2 rings (SSSR count). The van der Waals surface area contributed by atoms with Gasteiger partial charge in [0.25, 0.3) is 11.7 Å². The van der Waals surface area contributed by atoms with Gasteiger partial charge in [-0.15, -0.1) is 0 Å². The molecule has 0 unspecified atom stereocenters. The minimum Gasteiger partial charge on any atom is -0.464 e. The third kappa shape index (κ3) is 2.82. The van der Waals surface area contributed by atoms with E-state index in [4.69, 9.17) is 4.74 Å². The van der Waals surface area contributed by atoms with Gasteiger partial charge < -0.3 is 4.74 Å². The second-order valence-corrected chi connectivity index (χ2v) is 5.22. The Bertz CT molecular complexity index is 607. The van der Waals surface area contributed by atoms with Crippen LogP contribution in [0.15, 0.2) is 12.1 Å². The molecule has 1 aromatic carbocycles. The minimum atomic E-state index is -0.658. The van der Waals surface area contributed by atoms with Gasteiger partial charge >= 0.3 is 5.97 Å². The first-order valence-corrected chi connectivity index (χ1v) is 7.09. The van der Waals surface area contributed by atoms with Gasteiger partial charge in [0.05, 0.1) is 17.9 Å². The molecule has 112 valence electrons. The van der Waals surface area contributed by atoms with Crippen LogP contribution < -0.4 is 4.90 Å². The van der Waals surface area contributed by atoms with Crippen molar-refractivity contribution in [3.05, 3.63) is 28.8 Å². The minimum absolute atomic E-state index is 0.217. The summed E-state index contributed by atoms with van der Waals surface area (Å²) in [4.78, 5) is 37.2. The van der Waals surface area contributed by atoms with Crippen molar-refractivity contribution in [2.45, 2.75) is 33.6 Å². The van der Waals surface area contributed by atoms with Crippen LogP contribution in [0.2, 0.25) is 0 Å². The van der Waals surface area contributed by atoms with Gasteiger partial charge in [0.1, 0.15) is 6.54 Å². The molecular formula is C16H19NO4. The molecule has 0 N–H and O–H groups in total. The standard InChI is InChI=1S/C16H19NO4/c1-4-5-8-21-12(18)9-17-14-11(3)7-6-10(2)13(14)15(19)16(17)20/h6-7H,4-5,8-9H2,1-3H3. The number of hydrogen-bond acceptors (Lipinski definition) is 4. The van der Waals surface area contributed by atoms with Crippen molar-refractivity contribution in [2.24, 2.45) is 0 Å². The smallest absolute Gasteiger partial charge is 0.326 e. The molecule has 0 aliphatic carbocycles. The van der Waals surface area contributed by atoms with Crippen molar-refractivity contribution in [3.63, 3.8) is 0 Å². The Morgan fingerprint density at radius 1 is 1.19 bits per heavy atom. The normalized spacial score (nSPS) is 13.6. The average molecular weight is 289 g/mol. The second-order valence-electron chi connectivity index (χ2n) is 5.22. The molecule has 0 radical (unpaired) electrons. The lowest BCUT2D eigenvalue weighted by molar-refractivity contribution is -0.142. The van der Waals surface area contributed by atoms with Crippen LogP contribution in [0.5, 0.6) is 0 Å². The number of carbonyl (C=O) groups is 3. The van der Waals surface area contributed by atoms with Gasteiger partial charge in [0.2, 0.25) is 0 Å². The van der Waals surface area contributed by atoms with E-state index in [1.54, 1.807) is 6.92 Å². The fourth-order valence-corrected chi connectivity index (χ4v) is 2.42. The first kappa shape index (κ1) is 15.2. The van der Waals surface area contributed by atoms with Crippen LogP contribution in [0.4, 0.5) is 5.69 Å². The molecule has 1 aliphatic heterocycles. The lowest BCUT2D eigenvalue weighted by Gasteiger charge is -2.18. The molecule has 0 atom stereocenters. The van der Waals surface area contributed by atoms with Crippen LogP contribution in [-0.4, -0.2) is 30.8 Å². The fourth-order valence-electron chi connectivity index (χ4n) is 2.42. The molecule has 5 nitrogen and oxygen atoms in total. The van der Waals surface area contributed by atoms with Gasteiger partial charge in [0.15, 0.2) is 0 Å². The summed E-state index contributed by atoms with van der Waals surface area (Å²) in [6.45, 7) is 5.72. The number of Topliss-reactive ketones (excluding diaryl/α,β-unsaturated/α-hetero) is 1. The Hall–Kier alpha value is -2.17. The summed E-state index contributed by atoms with van der Waals surface area (Å²) in [5, 5.41) is 0. The van der Waals surface area contributed by atoms with Gasteiger partial charge in [-0.25, -0.2) is 0 Å². The van der Waals surface area contributed by atoms with Gasteiger partial charge in [-0.1, -0.05) is 25.5 Å². The molecule has 0 saturated heterocycles. The third-order valence-corrected chi connectivity index (χ3v) is 3.57. The molecule has 0 aromatic heterocycles. The third-order valence-electron chi connectivity index (χ3n) is 3.57. The van der Waals surface area contributed by atoms with Crippen molar-refractivity contribution in [2.75, 3.05) is 18.1 Å². The number of carbonyl (C=O) groups excluding carboxylic acids is 3. The molecule has 0 bridgehead atoms. The summed E-state index contributed by atoms with van der Waals surface area (Å²) >= 11 is 0. The van der Waals surface area contributed by atoms with E-state index >= 15 is 0 Å². The van der Waals surface area contributed by atoms with Crippen LogP contribution in [0.3, 0.4) is 0 Å². The summed E-state index contributed by atoms with van der Waals surface area (Å²) in [5.74, 6) is -1.69. The first-order chi connectivity index (χ1) is 9.97. The van der Waals surface area contributed by atoms with Gasteiger partial charge in [-0.05, 0) is 31.4 Å². The lowest BCUT2D eigenvalue weighted by Crippen LogP contribution is -2.35. The zero-order valence-corrected chi connectivity index (χ0v) is 12.6. The van der Waals surface area contributed by atoms with E-state index in [0.29, 0.717) is 17.9 Å². The predicted molar refractivity (Wildman–Crippen MR) is 78.5 cm³/mol. The lowest BCUT2D eigenvalue weighted by atomic mass is 10.0. The van der Waals surface area contributed by atoms with Crippen molar-refractivity contribution in [3.8, 4) is 0 Å². The van der Waals surface area contributed by atoms with Crippen LogP contribution in [0.1, 0.15) is 41.3 Å². The van der Waals surface area contributed by atoms with E-state index in [-0.39, 0.29) is 6.54 Å². The number of rotatable bonds is 5. The molecule has 1 heterocycles. The summed E-state index contributed by atoms with van der Waals surface area (Å²) in [5.41, 5.74) is 2.49. The molecule has 5 heteroatoms. The van der Waals surface area contributed by atoms with Gasteiger partial charge in [-0.2, -0.15) is 0 Å². The highest BCUT2D eigenvalue weighted by Gasteiger charge is 2.39. The van der Waals surface area contributed by atoms with Gasteiger partial charge in [0, 0.05) is 0 Å². The Morgan fingerprint density at radius 3 is 2.52 bits per heavy atom. The first-order valence-electron chi connectivity index (χ1n) is 7.09. The van der Waals surface area contributed by atoms with Gasteiger partial charge in [-0.3, -0.25) is 19.3 Å². The maximum absolute atomic E-state index is 12.1. The van der Waals surface area contributed by atoms with E-state index in [0.717, 1.165) is 24.0 Å². The molecule has 1 aromatic rings. The van der Waals surface area contributed by atoms with Crippen molar-refractivity contribution >= 4 is 23.3 Å². The van der Waals surface area contributed by atoms with Crippen LogP contribution in [0, 0.1) is 13.8 Å². The van der Waals surface area contributed by atoms with E-state index in [2.05, 4.69) is 0 Å². The molecule has 1 aliphatic rings. The average Bonchev–Trinajstić information content (AvgIpc) is 2.69. The van der Waals surface area contributed by atoms with E-state index < -0.39 is 17.7 Å². The second kappa shape index (κ2) is 6.08. The number of anilines is 1. The van der Waals surface area contributed by atoms with E-state index in [1.807, 2.05) is 26.0 Å². The Morgan fingerprint density at radius 2 is 1.86 bits per heavy atom. The summed E-state index contributed by atoms with van der Waals surface area (Å²) in [6.07, 6.45) is 1.71. The van der Waals surface area contributed by atoms with E-state index in [1.165, 1.54) is 4.90 Å². The molecule has 1 amide bonds. The SMILES string of the molecule is CCCCOC(=O)CN1C(=O)C(=O)c2c(C)ccc(C)c21. The number of hydrogen-bond donors (Lipinski definition) is 0. The monoisotopic (exact) mass is 289 g/mol. The number of aryl methyl sites for hydroxylation is 2.